The molecule has 0 aromatic rings. The van der Waals surface area contributed by atoms with Gasteiger partial charge in [-0.2, -0.15) is 11.8 Å². The molecule has 0 aliphatic carbocycles. The third-order valence-corrected chi connectivity index (χ3v) is 2.65. The number of aliphatic hydroxyl groups excluding tert-OH is 1. The van der Waals surface area contributed by atoms with Crippen molar-refractivity contribution in [3.8, 4) is 0 Å². The minimum absolute atomic E-state index is 0.259. The maximum Gasteiger partial charge on any atom is 0.0443 e. The van der Waals surface area contributed by atoms with E-state index in [1.54, 1.807) is 0 Å². The lowest BCUT2D eigenvalue weighted by Crippen LogP contribution is -2.36. The third-order valence-electron chi connectivity index (χ3n) is 1.95. The molecule has 0 heterocycles. The number of hydrogen-bond donors (Lipinski definition) is 3. The van der Waals surface area contributed by atoms with E-state index in [2.05, 4.69) is 11.6 Å². The fourth-order valence-corrected chi connectivity index (χ4v) is 1.62. The molecule has 0 aliphatic rings. The summed E-state index contributed by atoms with van der Waals surface area (Å²) in [4.78, 5) is 0. The molecule has 3 nitrogen and oxygen atoms in total. The van der Waals surface area contributed by atoms with Crippen LogP contribution >= 0.6 is 11.8 Å². The average Bonchev–Trinajstić information content (AvgIpc) is 2.16. The Hall–Kier alpha value is 0.230. The van der Waals surface area contributed by atoms with Gasteiger partial charge in [0.05, 0.1) is 0 Å². The highest BCUT2D eigenvalue weighted by atomic mass is 32.2. The first kappa shape index (κ1) is 13.2. The van der Waals surface area contributed by atoms with Crippen LogP contribution in [0.3, 0.4) is 0 Å². The average molecular weight is 206 g/mol. The van der Waals surface area contributed by atoms with E-state index in [0.29, 0.717) is 12.6 Å². The first-order chi connectivity index (χ1) is 6.35. The van der Waals surface area contributed by atoms with Crippen LogP contribution in [-0.2, 0) is 0 Å². The molecule has 1 unspecified atom stereocenters. The molecule has 0 radical (unpaired) electrons. The summed E-state index contributed by atoms with van der Waals surface area (Å²) in [6, 6.07) is 0.429. The van der Waals surface area contributed by atoms with E-state index in [1.165, 1.54) is 12.2 Å². The predicted octanol–water partition coefficient (Wildman–Crippen LogP) is 0.429. The Morgan fingerprint density at radius 2 is 2.23 bits per heavy atom. The van der Waals surface area contributed by atoms with Crippen molar-refractivity contribution in [3.63, 3.8) is 0 Å². The number of hydrogen-bond acceptors (Lipinski definition) is 4. The lowest BCUT2D eigenvalue weighted by Gasteiger charge is -2.15. The largest absolute Gasteiger partial charge is 0.396 e. The molecule has 4 heteroatoms. The van der Waals surface area contributed by atoms with E-state index >= 15 is 0 Å². The Bertz CT molecular complexity index is 93.6. The molecule has 80 valence electrons. The monoisotopic (exact) mass is 206 g/mol. The van der Waals surface area contributed by atoms with Crippen LogP contribution in [0, 0.1) is 0 Å². The van der Waals surface area contributed by atoms with Crippen molar-refractivity contribution in [1.82, 2.24) is 5.32 Å². The van der Waals surface area contributed by atoms with Crippen molar-refractivity contribution in [3.05, 3.63) is 0 Å². The zero-order valence-corrected chi connectivity index (χ0v) is 9.28. The van der Waals surface area contributed by atoms with Crippen LogP contribution in [0.4, 0.5) is 0 Å². The minimum Gasteiger partial charge on any atom is -0.396 e. The topological polar surface area (TPSA) is 58.3 Å². The normalized spacial score (nSPS) is 13.2. The van der Waals surface area contributed by atoms with Crippen LogP contribution in [0.1, 0.15) is 19.3 Å². The van der Waals surface area contributed by atoms with E-state index in [9.17, 15) is 0 Å². The van der Waals surface area contributed by atoms with Gasteiger partial charge in [0.1, 0.15) is 0 Å². The molecule has 0 aliphatic heterocycles. The summed E-state index contributed by atoms with van der Waals surface area (Å²) in [6.07, 6.45) is 5.30. The van der Waals surface area contributed by atoms with Crippen molar-refractivity contribution >= 4 is 11.8 Å². The van der Waals surface area contributed by atoms with Gasteiger partial charge in [0.25, 0.3) is 0 Å². The second-order valence-corrected chi connectivity index (χ2v) is 4.08. The third kappa shape index (κ3) is 8.56. The second kappa shape index (κ2) is 10.3. The lowest BCUT2D eigenvalue weighted by molar-refractivity contribution is 0.282. The number of aliphatic hydroxyl groups is 1. The zero-order chi connectivity index (χ0) is 9.94. The predicted molar refractivity (Wildman–Crippen MR) is 60.2 cm³/mol. The summed E-state index contributed by atoms with van der Waals surface area (Å²) in [5.41, 5.74) is 5.61. The first-order valence-electron chi connectivity index (χ1n) is 4.88. The summed E-state index contributed by atoms with van der Waals surface area (Å²) in [5, 5.41) is 11.9. The molecule has 13 heavy (non-hydrogen) atoms. The Balaban J connectivity index is 3.28. The minimum atomic E-state index is 0.259. The van der Waals surface area contributed by atoms with Gasteiger partial charge in [-0.25, -0.2) is 0 Å². The van der Waals surface area contributed by atoms with Crippen molar-refractivity contribution in [2.24, 2.45) is 5.73 Å². The van der Waals surface area contributed by atoms with Crippen LogP contribution in [0.5, 0.6) is 0 Å². The lowest BCUT2D eigenvalue weighted by atomic mass is 10.1. The molecule has 0 spiro atoms. The van der Waals surface area contributed by atoms with Crippen LogP contribution in [0.2, 0.25) is 0 Å². The van der Waals surface area contributed by atoms with E-state index in [4.69, 9.17) is 10.8 Å². The number of nitrogens with two attached hydrogens (primary N) is 1. The van der Waals surface area contributed by atoms with E-state index < -0.39 is 0 Å². The van der Waals surface area contributed by atoms with Crippen molar-refractivity contribution in [2.45, 2.75) is 25.3 Å². The SMILES string of the molecule is CSCCCC(CN)NCCCO. The van der Waals surface area contributed by atoms with Gasteiger partial charge in [0.2, 0.25) is 0 Å². The van der Waals surface area contributed by atoms with Gasteiger partial charge in [-0.05, 0) is 37.8 Å². The molecule has 1 atom stereocenters. The number of rotatable bonds is 9. The Kier molecular flexibility index (Phi) is 10.5. The highest BCUT2D eigenvalue weighted by Gasteiger charge is 2.03. The zero-order valence-electron chi connectivity index (χ0n) is 8.46. The molecule has 0 amide bonds. The molecular weight excluding hydrogens is 184 g/mol. The van der Waals surface area contributed by atoms with Gasteiger partial charge < -0.3 is 16.2 Å². The van der Waals surface area contributed by atoms with Gasteiger partial charge in [-0.15, -0.1) is 0 Å². The van der Waals surface area contributed by atoms with Gasteiger partial charge in [-0.3, -0.25) is 0 Å². The first-order valence-corrected chi connectivity index (χ1v) is 6.27. The number of thioether (sulfide) groups is 1. The fraction of sp³-hybridized carbons (Fsp3) is 1.00. The number of nitrogens with one attached hydrogen (secondary N) is 1. The smallest absolute Gasteiger partial charge is 0.0443 e. The van der Waals surface area contributed by atoms with Crippen molar-refractivity contribution in [2.75, 3.05) is 31.7 Å². The summed E-state index contributed by atoms with van der Waals surface area (Å²) in [6.45, 7) is 1.83. The Morgan fingerprint density at radius 3 is 2.77 bits per heavy atom. The molecule has 0 fully saturated rings. The maximum atomic E-state index is 8.59. The highest BCUT2D eigenvalue weighted by molar-refractivity contribution is 7.98. The fourth-order valence-electron chi connectivity index (χ4n) is 1.16. The van der Waals surface area contributed by atoms with Crippen LogP contribution < -0.4 is 11.1 Å². The molecule has 0 aromatic heterocycles. The highest BCUT2D eigenvalue weighted by Crippen LogP contribution is 2.02. The van der Waals surface area contributed by atoms with Gasteiger partial charge in [0.15, 0.2) is 0 Å². The van der Waals surface area contributed by atoms with E-state index in [1.807, 2.05) is 11.8 Å². The van der Waals surface area contributed by atoms with Gasteiger partial charge >= 0.3 is 0 Å². The molecule has 0 saturated carbocycles. The van der Waals surface area contributed by atoms with Gasteiger partial charge in [0, 0.05) is 19.2 Å². The molecule has 0 aromatic carbocycles. The summed E-state index contributed by atoms with van der Waals surface area (Å²) in [5.74, 6) is 1.21. The molecule has 4 N–H and O–H groups in total. The van der Waals surface area contributed by atoms with Crippen molar-refractivity contribution < 1.29 is 5.11 Å². The van der Waals surface area contributed by atoms with E-state index in [-0.39, 0.29) is 6.61 Å². The Morgan fingerprint density at radius 1 is 1.46 bits per heavy atom. The standard InChI is InChI=1S/C9H22N2OS/c1-13-7-2-4-9(8-10)11-5-3-6-12/h9,11-12H,2-8,10H2,1H3. The molecule has 0 bridgehead atoms. The second-order valence-electron chi connectivity index (χ2n) is 3.10. The van der Waals surface area contributed by atoms with Crippen LogP contribution in [0.15, 0.2) is 0 Å². The van der Waals surface area contributed by atoms with Crippen LogP contribution in [0.25, 0.3) is 0 Å². The molecular formula is C9H22N2OS. The maximum absolute atomic E-state index is 8.59. The van der Waals surface area contributed by atoms with Gasteiger partial charge in [-0.1, -0.05) is 0 Å². The van der Waals surface area contributed by atoms with Crippen molar-refractivity contribution in [1.29, 1.82) is 0 Å². The summed E-state index contributed by atoms with van der Waals surface area (Å²) in [7, 11) is 0. The van der Waals surface area contributed by atoms with Crippen LogP contribution in [-0.4, -0.2) is 42.9 Å². The summed E-state index contributed by atoms with van der Waals surface area (Å²) >= 11 is 1.87. The quantitative estimate of drug-likeness (QED) is 0.479. The Labute approximate surface area is 85.5 Å². The molecule has 0 rings (SSSR count). The van der Waals surface area contributed by atoms with E-state index in [0.717, 1.165) is 19.4 Å². The summed E-state index contributed by atoms with van der Waals surface area (Å²) < 4.78 is 0. The molecule has 0 saturated heterocycles.